The number of unbranched alkanes of at least 4 members (excludes halogenated alkanes) is 1. The van der Waals surface area contributed by atoms with Crippen molar-refractivity contribution in [2.45, 2.75) is 25.7 Å². The maximum absolute atomic E-state index is 12.1. The Morgan fingerprint density at radius 3 is 1.63 bits per heavy atom. The van der Waals surface area contributed by atoms with Crippen LogP contribution in [-0.4, -0.2) is 30.6 Å². The van der Waals surface area contributed by atoms with Gasteiger partial charge in [0.05, 0.1) is 23.8 Å². The summed E-state index contributed by atoms with van der Waals surface area (Å²) in [5.74, 6) is -0.239. The summed E-state index contributed by atoms with van der Waals surface area (Å²) in [5, 5.41) is 6.61. The van der Waals surface area contributed by atoms with Gasteiger partial charge in [-0.15, -0.1) is 0 Å². The summed E-state index contributed by atoms with van der Waals surface area (Å²) >= 11 is 12.1. The standard InChI is InChI=1S/C20H18Cl2N6O2/c21-15-9-23-17-7-5-13(11-27(15)17)25-19(29)3-1-2-4-20(30)26-14-6-8-18-24-10-16(22)28(18)12-14/h5-12H,1-4H2,(H,25,29)(H,26,30). The Kier molecular flexibility index (Phi) is 5.87. The second-order valence-corrected chi connectivity index (χ2v) is 7.53. The predicted molar refractivity (Wildman–Crippen MR) is 116 cm³/mol. The molecule has 2 N–H and O–H groups in total. The minimum atomic E-state index is -0.119. The van der Waals surface area contributed by atoms with Crippen molar-refractivity contribution in [2.24, 2.45) is 0 Å². The molecule has 10 heteroatoms. The van der Waals surface area contributed by atoms with Crippen molar-refractivity contribution in [3.63, 3.8) is 0 Å². The molecule has 0 saturated heterocycles. The number of nitrogens with one attached hydrogen (secondary N) is 2. The lowest BCUT2D eigenvalue weighted by Crippen LogP contribution is -2.13. The van der Waals surface area contributed by atoms with Crippen molar-refractivity contribution >= 4 is 57.7 Å². The Labute approximate surface area is 181 Å². The number of amides is 2. The second-order valence-electron chi connectivity index (χ2n) is 6.76. The molecule has 0 bridgehead atoms. The summed E-state index contributed by atoms with van der Waals surface area (Å²) in [6.45, 7) is 0. The number of pyridine rings is 2. The van der Waals surface area contributed by atoms with E-state index in [1.807, 2.05) is 0 Å². The van der Waals surface area contributed by atoms with E-state index in [-0.39, 0.29) is 11.8 Å². The average Bonchev–Trinajstić information content (AvgIpc) is 3.28. The average molecular weight is 445 g/mol. The Balaban J connectivity index is 1.21. The summed E-state index contributed by atoms with van der Waals surface area (Å²) in [7, 11) is 0. The fourth-order valence-corrected chi connectivity index (χ4v) is 3.44. The first kappa shape index (κ1) is 20.2. The van der Waals surface area contributed by atoms with Gasteiger partial charge in [-0.05, 0) is 37.1 Å². The van der Waals surface area contributed by atoms with Crippen LogP contribution in [0.3, 0.4) is 0 Å². The number of halogens is 2. The van der Waals surface area contributed by atoms with Crippen LogP contribution in [0.25, 0.3) is 11.3 Å². The quantitative estimate of drug-likeness (QED) is 0.412. The highest BCUT2D eigenvalue weighted by atomic mass is 35.5. The first-order valence-corrected chi connectivity index (χ1v) is 10.1. The zero-order valence-corrected chi connectivity index (χ0v) is 17.3. The third-order valence-corrected chi connectivity index (χ3v) is 5.11. The third kappa shape index (κ3) is 4.55. The predicted octanol–water partition coefficient (Wildman–Crippen LogP) is 4.43. The zero-order valence-electron chi connectivity index (χ0n) is 15.8. The monoisotopic (exact) mass is 444 g/mol. The lowest BCUT2D eigenvalue weighted by atomic mass is 10.1. The van der Waals surface area contributed by atoms with Crippen LogP contribution in [0.4, 0.5) is 11.4 Å². The molecule has 154 valence electrons. The van der Waals surface area contributed by atoms with Crippen LogP contribution in [0.1, 0.15) is 25.7 Å². The van der Waals surface area contributed by atoms with Crippen LogP contribution >= 0.6 is 23.2 Å². The number of aromatic nitrogens is 4. The number of imidazole rings is 2. The van der Waals surface area contributed by atoms with E-state index in [1.54, 1.807) is 57.9 Å². The molecule has 0 aliphatic heterocycles. The largest absolute Gasteiger partial charge is 0.325 e. The number of fused-ring (bicyclic) bond motifs is 2. The van der Waals surface area contributed by atoms with Gasteiger partial charge in [-0.1, -0.05) is 23.2 Å². The highest BCUT2D eigenvalue weighted by Gasteiger charge is 2.08. The van der Waals surface area contributed by atoms with Gasteiger partial charge in [0.25, 0.3) is 0 Å². The maximum atomic E-state index is 12.1. The second kappa shape index (κ2) is 8.73. The number of anilines is 2. The maximum Gasteiger partial charge on any atom is 0.224 e. The van der Waals surface area contributed by atoms with Gasteiger partial charge in [0.15, 0.2) is 0 Å². The van der Waals surface area contributed by atoms with Gasteiger partial charge in [0.2, 0.25) is 11.8 Å². The molecule has 0 aliphatic rings. The highest BCUT2D eigenvalue weighted by molar-refractivity contribution is 6.30. The smallest absolute Gasteiger partial charge is 0.224 e. The summed E-state index contributed by atoms with van der Waals surface area (Å²) in [5.41, 5.74) is 2.69. The molecule has 0 atom stereocenters. The van der Waals surface area contributed by atoms with Gasteiger partial charge >= 0.3 is 0 Å². The summed E-state index contributed by atoms with van der Waals surface area (Å²) in [6, 6.07) is 7.10. The van der Waals surface area contributed by atoms with Crippen molar-refractivity contribution in [1.82, 2.24) is 18.8 Å². The molecule has 0 spiro atoms. The number of carbonyl (C=O) groups excluding carboxylic acids is 2. The van der Waals surface area contributed by atoms with E-state index in [4.69, 9.17) is 23.2 Å². The first-order valence-electron chi connectivity index (χ1n) is 9.34. The third-order valence-electron chi connectivity index (χ3n) is 4.55. The molecular formula is C20H18Cl2N6O2. The first-order chi connectivity index (χ1) is 14.5. The summed E-state index contributed by atoms with van der Waals surface area (Å²) in [4.78, 5) is 32.6. The molecular weight excluding hydrogens is 427 g/mol. The van der Waals surface area contributed by atoms with Crippen molar-refractivity contribution < 1.29 is 9.59 Å². The van der Waals surface area contributed by atoms with Crippen LogP contribution in [-0.2, 0) is 9.59 Å². The zero-order chi connectivity index (χ0) is 21.1. The molecule has 0 fully saturated rings. The van der Waals surface area contributed by atoms with Gasteiger partial charge in [-0.2, -0.15) is 0 Å². The molecule has 4 aromatic heterocycles. The van der Waals surface area contributed by atoms with Gasteiger partial charge in [-0.3, -0.25) is 18.4 Å². The lowest BCUT2D eigenvalue weighted by Gasteiger charge is -2.07. The minimum Gasteiger partial charge on any atom is -0.325 e. The van der Waals surface area contributed by atoms with E-state index in [1.165, 1.54) is 0 Å². The Bertz CT molecular complexity index is 1140. The number of carbonyl (C=O) groups is 2. The van der Waals surface area contributed by atoms with Gasteiger partial charge in [-0.25, -0.2) is 9.97 Å². The molecule has 4 rings (SSSR count). The van der Waals surface area contributed by atoms with Crippen molar-refractivity contribution in [2.75, 3.05) is 10.6 Å². The highest BCUT2D eigenvalue weighted by Crippen LogP contribution is 2.18. The number of hydrogen-bond acceptors (Lipinski definition) is 4. The Morgan fingerprint density at radius 2 is 1.20 bits per heavy atom. The van der Waals surface area contributed by atoms with E-state index in [9.17, 15) is 9.59 Å². The van der Waals surface area contributed by atoms with Crippen molar-refractivity contribution in [3.05, 3.63) is 59.4 Å². The summed E-state index contributed by atoms with van der Waals surface area (Å²) < 4.78 is 3.38. The SMILES string of the molecule is O=C(CCCCC(=O)Nc1ccc2ncc(Cl)n2c1)Nc1ccc2ncc(Cl)n2c1. The molecule has 4 heterocycles. The molecule has 30 heavy (non-hydrogen) atoms. The van der Waals surface area contributed by atoms with Gasteiger partial charge in [0.1, 0.15) is 21.6 Å². The molecule has 2 amide bonds. The minimum absolute atomic E-state index is 0.119. The van der Waals surface area contributed by atoms with Crippen molar-refractivity contribution in [1.29, 1.82) is 0 Å². The van der Waals surface area contributed by atoms with Crippen LogP contribution in [0.2, 0.25) is 10.3 Å². The van der Waals surface area contributed by atoms with E-state index in [0.717, 1.165) is 0 Å². The van der Waals surface area contributed by atoms with E-state index in [2.05, 4.69) is 20.6 Å². The molecule has 0 aromatic carbocycles. The fourth-order valence-electron chi connectivity index (χ4n) is 3.07. The van der Waals surface area contributed by atoms with Gasteiger partial charge < -0.3 is 10.6 Å². The number of nitrogens with zero attached hydrogens (tertiary/aromatic N) is 4. The molecule has 4 aromatic rings. The molecule has 0 aliphatic carbocycles. The topological polar surface area (TPSA) is 92.8 Å². The van der Waals surface area contributed by atoms with Crippen LogP contribution < -0.4 is 10.6 Å². The van der Waals surface area contributed by atoms with Crippen LogP contribution in [0, 0.1) is 0 Å². The van der Waals surface area contributed by atoms with Gasteiger partial charge in [0, 0.05) is 25.2 Å². The van der Waals surface area contributed by atoms with E-state index in [0.29, 0.717) is 58.7 Å². The summed E-state index contributed by atoms with van der Waals surface area (Å²) in [6.07, 6.45) is 8.38. The molecule has 0 saturated carbocycles. The van der Waals surface area contributed by atoms with E-state index >= 15 is 0 Å². The number of rotatable bonds is 7. The van der Waals surface area contributed by atoms with Crippen molar-refractivity contribution in [3.8, 4) is 0 Å². The normalized spacial score (nSPS) is 11.1. The lowest BCUT2D eigenvalue weighted by molar-refractivity contribution is -0.118. The molecule has 0 radical (unpaired) electrons. The molecule has 8 nitrogen and oxygen atoms in total. The van der Waals surface area contributed by atoms with E-state index < -0.39 is 0 Å². The number of hydrogen-bond donors (Lipinski definition) is 2. The Hall–Kier alpha value is -3.10. The van der Waals surface area contributed by atoms with Crippen LogP contribution in [0.5, 0.6) is 0 Å². The Morgan fingerprint density at radius 1 is 0.767 bits per heavy atom. The fraction of sp³-hybridized carbons (Fsp3) is 0.200. The van der Waals surface area contributed by atoms with Crippen LogP contribution in [0.15, 0.2) is 49.1 Å². The molecule has 0 unspecified atom stereocenters.